The molecule has 1 rings (SSSR count). The van der Waals surface area contributed by atoms with Gasteiger partial charge in [0.15, 0.2) is 0 Å². The number of nitrogens with one attached hydrogen (secondary N) is 1. The number of halogens is 1. The topological polar surface area (TPSA) is 86.6 Å². The van der Waals surface area contributed by atoms with Crippen molar-refractivity contribution in [2.45, 2.75) is 38.8 Å². The van der Waals surface area contributed by atoms with Gasteiger partial charge in [-0.25, -0.2) is 9.18 Å². The third kappa shape index (κ3) is 5.91. The molecule has 0 bridgehead atoms. The van der Waals surface area contributed by atoms with Crippen molar-refractivity contribution in [3.63, 3.8) is 0 Å². The van der Waals surface area contributed by atoms with Gasteiger partial charge in [-0.15, -0.1) is 0 Å². The van der Waals surface area contributed by atoms with Gasteiger partial charge in [-0.3, -0.25) is 4.79 Å². The van der Waals surface area contributed by atoms with Crippen molar-refractivity contribution in [1.29, 1.82) is 0 Å². The molecule has 1 amide bonds. The molecule has 0 aliphatic rings. The normalized spacial score (nSPS) is 13.8. The molecule has 3 N–H and O–H groups in total. The Morgan fingerprint density at radius 2 is 2.00 bits per heavy atom. The van der Waals surface area contributed by atoms with E-state index < -0.39 is 29.8 Å². The van der Waals surface area contributed by atoms with Crippen molar-refractivity contribution < 1.29 is 24.2 Å². The predicted molar refractivity (Wildman–Crippen MR) is 75.1 cm³/mol. The number of aliphatic hydroxyl groups excluding tert-OH is 1. The van der Waals surface area contributed by atoms with Gasteiger partial charge in [0.05, 0.1) is 0 Å². The number of hydrogen-bond acceptors (Lipinski definition) is 3. The number of carbonyl (C=O) groups excluding carboxylic acids is 1. The summed E-state index contributed by atoms with van der Waals surface area (Å²) in [5, 5.41) is 21.1. The molecule has 6 heteroatoms. The molecule has 2 atom stereocenters. The summed E-state index contributed by atoms with van der Waals surface area (Å²) in [5.41, 5.74) is 0.459. The Balaban J connectivity index is 2.70. The van der Waals surface area contributed by atoms with E-state index in [1.54, 1.807) is 6.07 Å². The van der Waals surface area contributed by atoms with E-state index in [-0.39, 0.29) is 18.8 Å². The summed E-state index contributed by atoms with van der Waals surface area (Å²) in [7, 11) is 0. The average Bonchev–Trinajstić information content (AvgIpc) is 2.36. The van der Waals surface area contributed by atoms with Gasteiger partial charge in [-0.05, 0) is 30.0 Å². The fraction of sp³-hybridized carbons (Fsp3) is 0.467. The minimum Gasteiger partial charge on any atom is -0.480 e. The maximum atomic E-state index is 13.1. The summed E-state index contributed by atoms with van der Waals surface area (Å²) >= 11 is 0. The molecule has 0 aromatic heterocycles. The minimum atomic E-state index is -1.25. The van der Waals surface area contributed by atoms with Crippen molar-refractivity contribution in [3.05, 3.63) is 35.6 Å². The van der Waals surface area contributed by atoms with E-state index >= 15 is 0 Å². The Hall–Kier alpha value is -1.95. The van der Waals surface area contributed by atoms with Crippen LogP contribution in [0.1, 0.15) is 25.8 Å². The zero-order valence-corrected chi connectivity index (χ0v) is 12.0. The van der Waals surface area contributed by atoms with E-state index in [9.17, 15) is 19.1 Å². The van der Waals surface area contributed by atoms with Crippen molar-refractivity contribution in [2.75, 3.05) is 0 Å². The lowest BCUT2D eigenvalue weighted by Crippen LogP contribution is -2.46. The number of carboxylic acids is 1. The highest BCUT2D eigenvalue weighted by atomic mass is 19.1. The van der Waals surface area contributed by atoms with Gasteiger partial charge in [-0.2, -0.15) is 0 Å². The number of benzene rings is 1. The molecule has 0 saturated carbocycles. The number of hydrogen-bond donors (Lipinski definition) is 3. The first-order valence-electron chi connectivity index (χ1n) is 6.75. The zero-order valence-electron chi connectivity index (χ0n) is 12.0. The van der Waals surface area contributed by atoms with E-state index in [0.29, 0.717) is 5.56 Å². The summed E-state index contributed by atoms with van der Waals surface area (Å²) in [4.78, 5) is 22.9. The highest BCUT2D eigenvalue weighted by Gasteiger charge is 2.24. The Morgan fingerprint density at radius 3 is 2.52 bits per heavy atom. The largest absolute Gasteiger partial charge is 0.480 e. The monoisotopic (exact) mass is 297 g/mol. The number of aliphatic hydroxyl groups is 1. The first kappa shape index (κ1) is 17.1. The minimum absolute atomic E-state index is 0.0484. The van der Waals surface area contributed by atoms with Crippen LogP contribution in [-0.4, -0.2) is 34.2 Å². The number of aliphatic carboxylic acids is 1. The molecule has 1 aromatic rings. The molecule has 1 aromatic carbocycles. The summed E-state index contributed by atoms with van der Waals surface area (Å²) < 4.78 is 13.1. The average molecular weight is 297 g/mol. The molecule has 116 valence electrons. The number of amides is 1. The summed E-state index contributed by atoms with van der Waals surface area (Å²) in [6.07, 6.45) is -1.05. The van der Waals surface area contributed by atoms with Gasteiger partial charge >= 0.3 is 5.97 Å². The number of carboxylic acid groups (broad SMARTS) is 1. The van der Waals surface area contributed by atoms with Crippen LogP contribution in [0.15, 0.2) is 24.3 Å². The van der Waals surface area contributed by atoms with Crippen LogP contribution in [0.4, 0.5) is 4.39 Å². The zero-order chi connectivity index (χ0) is 16.0. The highest BCUT2D eigenvalue weighted by molar-refractivity contribution is 5.86. The molecule has 0 spiro atoms. The number of carbonyl (C=O) groups is 2. The SMILES string of the molecule is CC(C)C[C@H](O)C(=O)N[C@@H](Cc1cccc(F)c1)C(=O)O. The lowest BCUT2D eigenvalue weighted by atomic mass is 10.0. The molecule has 0 saturated heterocycles. The van der Waals surface area contributed by atoms with E-state index in [1.807, 2.05) is 13.8 Å². The lowest BCUT2D eigenvalue weighted by molar-refractivity contribution is -0.143. The number of rotatable bonds is 7. The van der Waals surface area contributed by atoms with Gasteiger partial charge < -0.3 is 15.5 Å². The van der Waals surface area contributed by atoms with Crippen LogP contribution in [0.25, 0.3) is 0 Å². The maximum Gasteiger partial charge on any atom is 0.326 e. The van der Waals surface area contributed by atoms with Crippen molar-refractivity contribution >= 4 is 11.9 Å². The molecule has 0 unspecified atom stereocenters. The summed E-state index contributed by atoms with van der Waals surface area (Å²) in [5.74, 6) is -2.32. The Morgan fingerprint density at radius 1 is 1.33 bits per heavy atom. The van der Waals surface area contributed by atoms with Crippen LogP contribution < -0.4 is 5.32 Å². The maximum absolute atomic E-state index is 13.1. The predicted octanol–water partition coefficient (Wildman–Crippen LogP) is 1.34. The highest BCUT2D eigenvalue weighted by Crippen LogP contribution is 2.08. The molecular formula is C15H20FNO4. The Bertz CT molecular complexity index is 504. The van der Waals surface area contributed by atoms with Crippen molar-refractivity contribution in [2.24, 2.45) is 5.92 Å². The summed E-state index contributed by atoms with van der Waals surface area (Å²) in [6.45, 7) is 3.69. The van der Waals surface area contributed by atoms with E-state index in [4.69, 9.17) is 5.11 Å². The van der Waals surface area contributed by atoms with Crippen LogP contribution in [0.5, 0.6) is 0 Å². The van der Waals surface area contributed by atoms with Gasteiger partial charge in [-0.1, -0.05) is 26.0 Å². The standard InChI is InChI=1S/C15H20FNO4/c1-9(2)6-13(18)14(19)17-12(15(20)21)8-10-4-3-5-11(16)7-10/h3-5,7,9,12-13,18H,6,8H2,1-2H3,(H,17,19)(H,20,21)/t12-,13-/m0/s1. The van der Waals surface area contributed by atoms with E-state index in [0.717, 1.165) is 0 Å². The van der Waals surface area contributed by atoms with Crippen LogP contribution >= 0.6 is 0 Å². The van der Waals surface area contributed by atoms with Crippen molar-refractivity contribution in [1.82, 2.24) is 5.32 Å². The second-order valence-electron chi connectivity index (χ2n) is 5.38. The molecule has 0 radical (unpaired) electrons. The van der Waals surface area contributed by atoms with Crippen LogP contribution in [-0.2, 0) is 16.0 Å². The van der Waals surface area contributed by atoms with Gasteiger partial charge in [0.1, 0.15) is 18.0 Å². The second kappa shape index (κ2) is 7.73. The Kier molecular flexibility index (Phi) is 6.30. The fourth-order valence-corrected chi connectivity index (χ4v) is 1.92. The molecule has 0 aliphatic heterocycles. The molecular weight excluding hydrogens is 277 g/mol. The molecule has 0 aliphatic carbocycles. The molecule has 0 heterocycles. The van der Waals surface area contributed by atoms with Gasteiger partial charge in [0.25, 0.3) is 0 Å². The van der Waals surface area contributed by atoms with Crippen LogP contribution in [0, 0.1) is 11.7 Å². The van der Waals surface area contributed by atoms with E-state index in [1.165, 1.54) is 18.2 Å². The fourth-order valence-electron chi connectivity index (χ4n) is 1.92. The first-order valence-corrected chi connectivity index (χ1v) is 6.75. The lowest BCUT2D eigenvalue weighted by Gasteiger charge is -2.18. The van der Waals surface area contributed by atoms with E-state index in [2.05, 4.69) is 5.32 Å². The van der Waals surface area contributed by atoms with Gasteiger partial charge in [0, 0.05) is 6.42 Å². The van der Waals surface area contributed by atoms with Crippen molar-refractivity contribution in [3.8, 4) is 0 Å². The third-order valence-corrected chi connectivity index (χ3v) is 2.94. The Labute approximate surface area is 122 Å². The van der Waals surface area contributed by atoms with Crippen LogP contribution in [0.2, 0.25) is 0 Å². The molecule has 21 heavy (non-hydrogen) atoms. The van der Waals surface area contributed by atoms with Crippen LogP contribution in [0.3, 0.4) is 0 Å². The quantitative estimate of drug-likeness (QED) is 0.709. The first-order chi connectivity index (χ1) is 9.79. The third-order valence-electron chi connectivity index (χ3n) is 2.94. The second-order valence-corrected chi connectivity index (χ2v) is 5.38. The summed E-state index contributed by atoms with van der Waals surface area (Å²) in [6, 6.07) is 4.31. The molecule has 5 nitrogen and oxygen atoms in total. The van der Waals surface area contributed by atoms with Gasteiger partial charge in [0.2, 0.25) is 5.91 Å². The smallest absolute Gasteiger partial charge is 0.326 e. The molecule has 0 fully saturated rings.